The minimum Gasteiger partial charge on any atom is -0.471 e. The quantitative estimate of drug-likeness (QED) is 0.602. The molecule has 2 aromatic rings. The zero-order valence-electron chi connectivity index (χ0n) is 16.7. The largest absolute Gasteiger partial charge is 0.471 e. The highest BCUT2D eigenvalue weighted by atomic mass is 19.1. The van der Waals surface area contributed by atoms with Crippen molar-refractivity contribution in [2.75, 3.05) is 6.61 Å². The standard InChI is InChI=1S/C23H22F2N2O3/c1-2-29-22(28)12-15-3-6-17(7-4-15)21-10-9-19(24)23(27-21)30-14-18-8-5-16(13-26)11-20(18)25/h5-6,8-11,15H,2-4,7,12,14H2,1H3. The Kier molecular flexibility index (Phi) is 7.12. The Morgan fingerprint density at radius 3 is 2.77 bits per heavy atom. The summed E-state index contributed by atoms with van der Waals surface area (Å²) in [6, 6.07) is 8.73. The summed E-state index contributed by atoms with van der Waals surface area (Å²) in [5, 5.41) is 8.80. The molecule has 1 aliphatic carbocycles. The molecule has 1 aromatic heterocycles. The fourth-order valence-corrected chi connectivity index (χ4v) is 3.35. The predicted molar refractivity (Wildman–Crippen MR) is 106 cm³/mol. The van der Waals surface area contributed by atoms with Gasteiger partial charge in [0.25, 0.3) is 5.88 Å². The van der Waals surface area contributed by atoms with Crippen LogP contribution in [0.1, 0.15) is 49.4 Å². The summed E-state index contributed by atoms with van der Waals surface area (Å²) in [4.78, 5) is 15.9. The van der Waals surface area contributed by atoms with Crippen molar-refractivity contribution in [1.82, 2.24) is 4.98 Å². The van der Waals surface area contributed by atoms with E-state index >= 15 is 0 Å². The van der Waals surface area contributed by atoms with E-state index in [4.69, 9.17) is 14.7 Å². The molecule has 156 valence electrons. The highest BCUT2D eigenvalue weighted by molar-refractivity contribution is 5.70. The summed E-state index contributed by atoms with van der Waals surface area (Å²) in [7, 11) is 0. The number of carbonyl (C=O) groups is 1. The third-order valence-corrected chi connectivity index (χ3v) is 4.97. The number of nitriles is 1. The van der Waals surface area contributed by atoms with Crippen LogP contribution in [0.5, 0.6) is 5.88 Å². The molecule has 0 fully saturated rings. The third-order valence-electron chi connectivity index (χ3n) is 4.97. The summed E-state index contributed by atoms with van der Waals surface area (Å²) in [6.45, 7) is 1.96. The van der Waals surface area contributed by atoms with E-state index in [-0.39, 0.29) is 35.5 Å². The van der Waals surface area contributed by atoms with Gasteiger partial charge in [-0.2, -0.15) is 5.26 Å². The van der Waals surface area contributed by atoms with Gasteiger partial charge in [-0.25, -0.2) is 13.8 Å². The Labute approximate surface area is 174 Å². The number of allylic oxidation sites excluding steroid dienone is 2. The summed E-state index contributed by atoms with van der Waals surface area (Å²) < 4.78 is 38.5. The number of benzene rings is 1. The predicted octanol–water partition coefficient (Wildman–Crippen LogP) is 4.95. The van der Waals surface area contributed by atoms with Crippen LogP contribution in [-0.4, -0.2) is 17.6 Å². The maximum absolute atomic E-state index is 14.1. The number of esters is 1. The number of hydrogen-bond donors (Lipinski definition) is 0. The summed E-state index contributed by atoms with van der Waals surface area (Å²) >= 11 is 0. The zero-order valence-corrected chi connectivity index (χ0v) is 16.7. The van der Waals surface area contributed by atoms with Crippen LogP contribution in [0.4, 0.5) is 8.78 Å². The lowest BCUT2D eigenvalue weighted by atomic mass is 9.86. The van der Waals surface area contributed by atoms with Crippen LogP contribution in [0.15, 0.2) is 36.4 Å². The molecule has 30 heavy (non-hydrogen) atoms. The van der Waals surface area contributed by atoms with Crippen LogP contribution in [0.25, 0.3) is 5.57 Å². The molecule has 0 spiro atoms. The Morgan fingerprint density at radius 2 is 2.10 bits per heavy atom. The van der Waals surface area contributed by atoms with Gasteiger partial charge in [-0.3, -0.25) is 4.79 Å². The number of aromatic nitrogens is 1. The van der Waals surface area contributed by atoms with E-state index in [9.17, 15) is 13.6 Å². The first-order valence-corrected chi connectivity index (χ1v) is 9.83. The fraction of sp³-hybridized carbons (Fsp3) is 0.348. The van der Waals surface area contributed by atoms with E-state index in [1.165, 1.54) is 18.2 Å². The van der Waals surface area contributed by atoms with Crippen molar-refractivity contribution in [1.29, 1.82) is 5.26 Å². The van der Waals surface area contributed by atoms with E-state index in [2.05, 4.69) is 4.98 Å². The number of ether oxygens (including phenoxy) is 2. The van der Waals surface area contributed by atoms with Crippen molar-refractivity contribution < 1.29 is 23.0 Å². The normalized spacial score (nSPS) is 15.8. The van der Waals surface area contributed by atoms with Crippen molar-refractivity contribution in [3.8, 4) is 11.9 Å². The van der Waals surface area contributed by atoms with Gasteiger partial charge in [-0.15, -0.1) is 0 Å². The van der Waals surface area contributed by atoms with Crippen molar-refractivity contribution in [3.63, 3.8) is 0 Å². The molecular formula is C23H22F2N2O3. The van der Waals surface area contributed by atoms with Gasteiger partial charge < -0.3 is 9.47 Å². The van der Waals surface area contributed by atoms with Crippen LogP contribution in [0, 0.1) is 28.9 Å². The molecule has 1 unspecified atom stereocenters. The molecule has 0 N–H and O–H groups in total. The van der Waals surface area contributed by atoms with Crippen molar-refractivity contribution in [2.24, 2.45) is 5.92 Å². The Hall–Kier alpha value is -3.27. The van der Waals surface area contributed by atoms with Crippen molar-refractivity contribution in [2.45, 2.75) is 39.2 Å². The molecule has 0 saturated heterocycles. The molecule has 5 nitrogen and oxygen atoms in total. The molecule has 3 rings (SSSR count). The second kappa shape index (κ2) is 9.97. The summed E-state index contributed by atoms with van der Waals surface area (Å²) in [6.07, 6.45) is 4.65. The van der Waals surface area contributed by atoms with Gasteiger partial charge >= 0.3 is 5.97 Å². The molecule has 7 heteroatoms. The van der Waals surface area contributed by atoms with E-state index in [1.807, 2.05) is 12.1 Å². The molecule has 1 atom stereocenters. The van der Waals surface area contributed by atoms with Crippen LogP contribution in [-0.2, 0) is 16.1 Å². The molecule has 1 heterocycles. The van der Waals surface area contributed by atoms with Gasteiger partial charge in [-0.1, -0.05) is 12.1 Å². The highest BCUT2D eigenvalue weighted by Crippen LogP contribution is 2.32. The average Bonchev–Trinajstić information content (AvgIpc) is 2.74. The van der Waals surface area contributed by atoms with E-state index in [1.54, 1.807) is 13.0 Å². The number of rotatable bonds is 7. The lowest BCUT2D eigenvalue weighted by Gasteiger charge is -2.21. The minimum absolute atomic E-state index is 0.190. The maximum Gasteiger partial charge on any atom is 0.306 e. The van der Waals surface area contributed by atoms with Crippen LogP contribution >= 0.6 is 0 Å². The number of pyridine rings is 1. The molecule has 0 radical (unpaired) electrons. The van der Waals surface area contributed by atoms with Gasteiger partial charge in [0, 0.05) is 12.0 Å². The van der Waals surface area contributed by atoms with Gasteiger partial charge in [0.15, 0.2) is 5.82 Å². The van der Waals surface area contributed by atoms with E-state index in [0.717, 1.165) is 24.5 Å². The zero-order chi connectivity index (χ0) is 21.5. The first kappa shape index (κ1) is 21.4. The second-order valence-corrected chi connectivity index (χ2v) is 7.07. The topological polar surface area (TPSA) is 72.2 Å². The monoisotopic (exact) mass is 412 g/mol. The van der Waals surface area contributed by atoms with Crippen molar-refractivity contribution >= 4 is 11.5 Å². The lowest BCUT2D eigenvalue weighted by molar-refractivity contribution is -0.144. The molecule has 0 bridgehead atoms. The number of nitrogens with zero attached hydrogens (tertiary/aromatic N) is 2. The third kappa shape index (κ3) is 5.41. The molecular weight excluding hydrogens is 390 g/mol. The Balaban J connectivity index is 1.66. The van der Waals surface area contributed by atoms with Gasteiger partial charge in [0.1, 0.15) is 12.4 Å². The number of hydrogen-bond acceptors (Lipinski definition) is 5. The van der Waals surface area contributed by atoms with Crippen LogP contribution in [0.3, 0.4) is 0 Å². The number of halogens is 2. The van der Waals surface area contributed by atoms with Gasteiger partial charge in [0.05, 0.1) is 23.9 Å². The summed E-state index contributed by atoms with van der Waals surface area (Å²) in [5.74, 6) is -1.39. The molecule has 0 aliphatic heterocycles. The van der Waals surface area contributed by atoms with Crippen LogP contribution in [0.2, 0.25) is 0 Å². The molecule has 0 amide bonds. The lowest BCUT2D eigenvalue weighted by Crippen LogP contribution is -2.14. The summed E-state index contributed by atoms with van der Waals surface area (Å²) in [5.41, 5.74) is 1.97. The minimum atomic E-state index is -0.635. The maximum atomic E-state index is 14.1. The average molecular weight is 412 g/mol. The molecule has 1 aromatic carbocycles. The van der Waals surface area contributed by atoms with Gasteiger partial charge in [0.2, 0.25) is 0 Å². The molecule has 0 saturated carbocycles. The Morgan fingerprint density at radius 1 is 1.27 bits per heavy atom. The molecule has 1 aliphatic rings. The van der Waals surface area contributed by atoms with E-state index in [0.29, 0.717) is 25.1 Å². The SMILES string of the molecule is CCOC(=O)CC1CC=C(c2ccc(F)c(OCc3ccc(C#N)cc3F)n2)CC1. The van der Waals surface area contributed by atoms with Crippen LogP contribution < -0.4 is 4.74 Å². The second-order valence-electron chi connectivity index (χ2n) is 7.07. The fourth-order valence-electron chi connectivity index (χ4n) is 3.35. The Bertz CT molecular complexity index is 998. The smallest absolute Gasteiger partial charge is 0.306 e. The van der Waals surface area contributed by atoms with Crippen molar-refractivity contribution in [3.05, 3.63) is 64.9 Å². The van der Waals surface area contributed by atoms with Gasteiger partial charge in [-0.05, 0) is 61.9 Å². The first-order chi connectivity index (χ1) is 14.5. The van der Waals surface area contributed by atoms with E-state index < -0.39 is 11.6 Å². The highest BCUT2D eigenvalue weighted by Gasteiger charge is 2.20. The first-order valence-electron chi connectivity index (χ1n) is 9.83. The number of carbonyl (C=O) groups excluding carboxylic acids is 1.